The molecule has 1 aliphatic heterocycles. The number of benzene rings is 2. The van der Waals surface area contributed by atoms with Crippen molar-refractivity contribution in [2.24, 2.45) is 0 Å². The van der Waals surface area contributed by atoms with Crippen LogP contribution in [0, 0.1) is 19.7 Å². The van der Waals surface area contributed by atoms with Crippen molar-refractivity contribution in [3.8, 4) is 11.5 Å². The SMILES string of the molecule is Cc1ccc(-n2nc3c(c2-n2cccc2)CN(C(=O)c2ccccc2F)C3)cc1C. The van der Waals surface area contributed by atoms with Crippen LogP contribution >= 0.6 is 0 Å². The van der Waals surface area contributed by atoms with Crippen LogP contribution < -0.4 is 0 Å². The Kier molecular flexibility index (Phi) is 4.28. The molecule has 0 atom stereocenters. The first-order valence-electron chi connectivity index (χ1n) is 9.88. The van der Waals surface area contributed by atoms with Crippen molar-refractivity contribution in [3.05, 3.63) is 101 Å². The molecule has 0 aliphatic carbocycles. The Balaban J connectivity index is 1.57. The Bertz CT molecular complexity index is 1260. The zero-order chi connectivity index (χ0) is 20.8. The first-order valence-corrected chi connectivity index (χ1v) is 9.88. The van der Waals surface area contributed by atoms with Crippen molar-refractivity contribution in [3.63, 3.8) is 0 Å². The fraction of sp³-hybridized carbons (Fsp3) is 0.167. The Morgan fingerprint density at radius 3 is 2.47 bits per heavy atom. The minimum atomic E-state index is -0.502. The minimum absolute atomic E-state index is 0.0900. The first-order chi connectivity index (χ1) is 14.5. The van der Waals surface area contributed by atoms with E-state index in [2.05, 4.69) is 32.0 Å². The highest BCUT2D eigenvalue weighted by Gasteiger charge is 2.32. The smallest absolute Gasteiger partial charge is 0.257 e. The Morgan fingerprint density at radius 2 is 1.73 bits per heavy atom. The normalized spacial score (nSPS) is 13.0. The van der Waals surface area contributed by atoms with Gasteiger partial charge in [0.2, 0.25) is 0 Å². The van der Waals surface area contributed by atoms with Gasteiger partial charge in [0, 0.05) is 18.0 Å². The van der Waals surface area contributed by atoms with Crippen LogP contribution in [0.3, 0.4) is 0 Å². The highest BCUT2D eigenvalue weighted by atomic mass is 19.1. The number of aromatic nitrogens is 3. The Labute approximate surface area is 174 Å². The molecule has 0 unspecified atom stereocenters. The van der Waals surface area contributed by atoms with Gasteiger partial charge in [0.1, 0.15) is 11.6 Å². The monoisotopic (exact) mass is 400 g/mol. The second-order valence-electron chi connectivity index (χ2n) is 7.66. The summed E-state index contributed by atoms with van der Waals surface area (Å²) in [7, 11) is 0. The maximum absolute atomic E-state index is 14.1. The third kappa shape index (κ3) is 2.92. The van der Waals surface area contributed by atoms with Gasteiger partial charge in [-0.3, -0.25) is 4.79 Å². The molecule has 0 bridgehead atoms. The molecule has 150 valence electrons. The highest BCUT2D eigenvalue weighted by molar-refractivity contribution is 5.94. The number of hydrogen-bond acceptors (Lipinski definition) is 2. The van der Waals surface area contributed by atoms with Gasteiger partial charge in [0.05, 0.1) is 30.0 Å². The zero-order valence-corrected chi connectivity index (χ0v) is 16.8. The van der Waals surface area contributed by atoms with Gasteiger partial charge in [0.25, 0.3) is 5.91 Å². The van der Waals surface area contributed by atoms with Crippen molar-refractivity contribution in [2.45, 2.75) is 26.9 Å². The molecular weight excluding hydrogens is 379 g/mol. The summed E-state index contributed by atoms with van der Waals surface area (Å²) < 4.78 is 18.1. The molecule has 0 N–H and O–H groups in total. The number of carbonyl (C=O) groups excluding carboxylic acids is 1. The van der Waals surface area contributed by atoms with Gasteiger partial charge in [-0.25, -0.2) is 9.07 Å². The summed E-state index contributed by atoms with van der Waals surface area (Å²) in [6.45, 7) is 4.91. The largest absolute Gasteiger partial charge is 0.328 e. The van der Waals surface area contributed by atoms with E-state index in [1.807, 2.05) is 33.8 Å². The maximum Gasteiger partial charge on any atom is 0.257 e. The van der Waals surface area contributed by atoms with Crippen molar-refractivity contribution in [1.29, 1.82) is 0 Å². The molecular formula is C24H21FN4O. The highest BCUT2D eigenvalue weighted by Crippen LogP contribution is 2.32. The van der Waals surface area contributed by atoms with Gasteiger partial charge >= 0.3 is 0 Å². The van der Waals surface area contributed by atoms with Gasteiger partial charge in [-0.1, -0.05) is 18.2 Å². The summed E-state index contributed by atoms with van der Waals surface area (Å²) >= 11 is 0. The number of rotatable bonds is 3. The molecule has 6 heteroatoms. The molecule has 4 aromatic rings. The number of aryl methyl sites for hydroxylation is 2. The van der Waals surface area contributed by atoms with Crippen molar-refractivity contribution in [1.82, 2.24) is 19.2 Å². The van der Waals surface area contributed by atoms with E-state index in [0.717, 1.165) is 22.8 Å². The lowest BCUT2D eigenvalue weighted by Gasteiger charge is -2.18. The molecule has 30 heavy (non-hydrogen) atoms. The zero-order valence-electron chi connectivity index (χ0n) is 16.8. The third-order valence-corrected chi connectivity index (χ3v) is 5.70. The number of fused-ring (bicyclic) bond motifs is 1. The van der Waals surface area contributed by atoms with E-state index in [0.29, 0.717) is 13.1 Å². The summed E-state index contributed by atoms with van der Waals surface area (Å²) in [6, 6.07) is 16.3. The minimum Gasteiger partial charge on any atom is -0.328 e. The van der Waals surface area contributed by atoms with E-state index in [9.17, 15) is 9.18 Å². The predicted octanol–water partition coefficient (Wildman–Crippen LogP) is 4.57. The van der Waals surface area contributed by atoms with Crippen LogP contribution in [0.25, 0.3) is 11.5 Å². The van der Waals surface area contributed by atoms with Crippen LogP contribution in [0.4, 0.5) is 4.39 Å². The first kappa shape index (κ1) is 18.4. The predicted molar refractivity (Wildman–Crippen MR) is 112 cm³/mol. The lowest BCUT2D eigenvalue weighted by molar-refractivity contribution is 0.0744. The van der Waals surface area contributed by atoms with Crippen LogP contribution in [0.5, 0.6) is 0 Å². The van der Waals surface area contributed by atoms with Crippen LogP contribution in [0.1, 0.15) is 32.7 Å². The Hall–Kier alpha value is -3.67. The van der Waals surface area contributed by atoms with Gasteiger partial charge in [-0.15, -0.1) is 0 Å². The van der Waals surface area contributed by atoms with E-state index < -0.39 is 5.82 Å². The lowest BCUT2D eigenvalue weighted by atomic mass is 10.1. The molecule has 5 nitrogen and oxygen atoms in total. The molecule has 1 aliphatic rings. The third-order valence-electron chi connectivity index (χ3n) is 5.70. The van der Waals surface area contributed by atoms with E-state index in [1.54, 1.807) is 17.0 Å². The lowest BCUT2D eigenvalue weighted by Crippen LogP contribution is -2.27. The van der Waals surface area contributed by atoms with Gasteiger partial charge in [-0.2, -0.15) is 5.10 Å². The number of carbonyl (C=O) groups is 1. The maximum atomic E-state index is 14.1. The molecule has 1 amide bonds. The summed E-state index contributed by atoms with van der Waals surface area (Å²) in [4.78, 5) is 14.6. The molecule has 5 rings (SSSR count). The van der Waals surface area contributed by atoms with Gasteiger partial charge in [-0.05, 0) is 61.4 Å². The quantitative estimate of drug-likeness (QED) is 0.505. The Morgan fingerprint density at radius 1 is 0.967 bits per heavy atom. The summed E-state index contributed by atoms with van der Waals surface area (Å²) in [5, 5.41) is 4.84. The van der Waals surface area contributed by atoms with E-state index >= 15 is 0 Å². The molecule has 3 heterocycles. The van der Waals surface area contributed by atoms with Crippen LogP contribution in [-0.2, 0) is 13.1 Å². The second kappa shape index (κ2) is 6.99. The van der Waals surface area contributed by atoms with E-state index in [4.69, 9.17) is 5.10 Å². The summed E-state index contributed by atoms with van der Waals surface area (Å²) in [5.41, 5.74) is 5.30. The number of halogens is 1. The molecule has 0 radical (unpaired) electrons. The van der Waals surface area contributed by atoms with Crippen LogP contribution in [0.2, 0.25) is 0 Å². The van der Waals surface area contributed by atoms with E-state index in [-0.39, 0.29) is 11.5 Å². The molecule has 0 spiro atoms. The molecule has 2 aromatic heterocycles. The molecule has 0 saturated carbocycles. The summed E-state index contributed by atoms with van der Waals surface area (Å²) in [6.07, 6.45) is 3.94. The number of hydrogen-bond donors (Lipinski definition) is 0. The molecule has 0 fully saturated rings. The fourth-order valence-electron chi connectivity index (χ4n) is 3.93. The average molecular weight is 400 g/mol. The van der Waals surface area contributed by atoms with Crippen LogP contribution in [-0.4, -0.2) is 25.2 Å². The molecule has 0 saturated heterocycles. The molecule has 2 aromatic carbocycles. The number of amides is 1. The summed E-state index contributed by atoms with van der Waals surface area (Å²) in [5.74, 6) is 0.0854. The van der Waals surface area contributed by atoms with Crippen molar-refractivity contribution >= 4 is 5.91 Å². The van der Waals surface area contributed by atoms with Crippen molar-refractivity contribution < 1.29 is 9.18 Å². The average Bonchev–Trinajstić information content (AvgIpc) is 3.45. The second-order valence-corrected chi connectivity index (χ2v) is 7.66. The van der Waals surface area contributed by atoms with Gasteiger partial charge < -0.3 is 9.47 Å². The fourth-order valence-corrected chi connectivity index (χ4v) is 3.93. The van der Waals surface area contributed by atoms with Crippen LogP contribution in [0.15, 0.2) is 67.0 Å². The van der Waals surface area contributed by atoms with Crippen molar-refractivity contribution in [2.75, 3.05) is 0 Å². The topological polar surface area (TPSA) is 43.1 Å². The van der Waals surface area contributed by atoms with E-state index in [1.165, 1.54) is 23.3 Å². The standard InChI is InChI=1S/C24H21FN4O/c1-16-9-10-18(13-17(16)2)29-23(27-11-5-6-12-27)20-14-28(15-22(20)26-29)24(30)19-7-3-4-8-21(19)25/h3-13H,14-15H2,1-2H3. The number of nitrogens with zero attached hydrogens (tertiary/aromatic N) is 4. The van der Waals surface area contributed by atoms with Gasteiger partial charge in [0.15, 0.2) is 0 Å².